The molecule has 200 valence electrons. The first-order chi connectivity index (χ1) is 19.8. The summed E-state index contributed by atoms with van der Waals surface area (Å²) >= 11 is 0. The Kier molecular flexibility index (Phi) is 5.69. The van der Waals surface area contributed by atoms with Gasteiger partial charge in [-0.2, -0.15) is 0 Å². The van der Waals surface area contributed by atoms with Gasteiger partial charge in [-0.25, -0.2) is 9.97 Å². The van der Waals surface area contributed by atoms with E-state index in [1.54, 1.807) is 6.07 Å². The molecule has 0 unspecified atom stereocenters. The highest BCUT2D eigenvalue weighted by Crippen LogP contribution is 2.52. The second-order valence-corrected chi connectivity index (χ2v) is 11.4. The number of nitrogens with zero attached hydrogens (tertiary/aromatic N) is 3. The van der Waals surface area contributed by atoms with Crippen LogP contribution in [0.2, 0.25) is 0 Å². The van der Waals surface area contributed by atoms with E-state index in [0.29, 0.717) is 5.52 Å². The maximum Gasteiger partial charge on any atom is 0.141 e. The van der Waals surface area contributed by atoms with Crippen molar-refractivity contribution >= 4 is 28.1 Å². The van der Waals surface area contributed by atoms with Gasteiger partial charge in [0, 0.05) is 28.1 Å². The van der Waals surface area contributed by atoms with Crippen LogP contribution in [0.1, 0.15) is 36.1 Å². The van der Waals surface area contributed by atoms with E-state index in [2.05, 4.69) is 105 Å². The van der Waals surface area contributed by atoms with Crippen molar-refractivity contribution in [2.24, 2.45) is 0 Å². The molecule has 0 amide bonds. The van der Waals surface area contributed by atoms with Crippen molar-refractivity contribution in [3.05, 3.63) is 132 Å². The van der Waals surface area contributed by atoms with Crippen molar-refractivity contribution in [3.8, 4) is 28.1 Å². The molecule has 1 aliphatic heterocycles. The highest BCUT2D eigenvalue weighted by atomic mass is 16.3. The van der Waals surface area contributed by atoms with Gasteiger partial charge in [0.1, 0.15) is 17.1 Å². The lowest BCUT2D eigenvalue weighted by Crippen LogP contribution is -2.31. The van der Waals surface area contributed by atoms with E-state index < -0.39 is 0 Å². The van der Waals surface area contributed by atoms with E-state index in [9.17, 15) is 5.11 Å². The normalized spacial score (nSPS) is 13.6. The van der Waals surface area contributed by atoms with Gasteiger partial charge < -0.3 is 5.11 Å². The quantitative estimate of drug-likeness (QED) is 0.246. The molecular formula is C37H31N3O. The molecule has 4 heteroatoms. The minimum Gasteiger partial charge on any atom is -0.506 e. The van der Waals surface area contributed by atoms with Crippen LogP contribution in [0, 0.1) is 13.8 Å². The van der Waals surface area contributed by atoms with E-state index in [1.807, 2.05) is 31.3 Å². The number of para-hydroxylation sites is 1. The summed E-state index contributed by atoms with van der Waals surface area (Å²) < 4.78 is 0. The number of aryl methyl sites for hydroxylation is 2. The molecule has 0 saturated heterocycles. The number of fused-ring (bicyclic) bond motifs is 3. The Balaban J connectivity index is 1.42. The van der Waals surface area contributed by atoms with Crippen molar-refractivity contribution in [2.45, 2.75) is 33.1 Å². The Labute approximate surface area is 240 Å². The summed E-state index contributed by atoms with van der Waals surface area (Å²) in [5.41, 5.74) is 11.5. The van der Waals surface area contributed by atoms with Gasteiger partial charge in [-0.3, -0.25) is 4.90 Å². The predicted octanol–water partition coefficient (Wildman–Crippen LogP) is 9.40. The molecule has 0 spiro atoms. The summed E-state index contributed by atoms with van der Waals surface area (Å²) in [5.74, 6) is 1.07. The molecule has 1 N–H and O–H groups in total. The van der Waals surface area contributed by atoms with Crippen molar-refractivity contribution in [1.82, 2.24) is 9.97 Å². The van der Waals surface area contributed by atoms with E-state index in [-0.39, 0.29) is 11.2 Å². The van der Waals surface area contributed by atoms with Crippen LogP contribution in [0.15, 0.2) is 109 Å². The molecule has 4 aromatic carbocycles. The number of benzene rings is 4. The number of phenolic OH excluding ortho intramolecular Hbond substituents is 1. The van der Waals surface area contributed by atoms with Crippen LogP contribution in [0.5, 0.6) is 5.75 Å². The number of aromatic hydroxyl groups is 1. The average Bonchev–Trinajstić information content (AvgIpc) is 2.99. The van der Waals surface area contributed by atoms with Gasteiger partial charge in [0.2, 0.25) is 0 Å². The molecule has 4 nitrogen and oxygen atoms in total. The van der Waals surface area contributed by atoms with Crippen LogP contribution in [0.25, 0.3) is 33.3 Å². The van der Waals surface area contributed by atoms with E-state index >= 15 is 0 Å². The number of pyridine rings is 2. The maximum absolute atomic E-state index is 10.6. The Bertz CT molecular complexity index is 1960. The topological polar surface area (TPSA) is 49.2 Å². The first-order valence-electron chi connectivity index (χ1n) is 14.0. The zero-order chi connectivity index (χ0) is 28.3. The van der Waals surface area contributed by atoms with Gasteiger partial charge in [-0.15, -0.1) is 0 Å². The van der Waals surface area contributed by atoms with Gasteiger partial charge >= 0.3 is 0 Å². The third-order valence-corrected chi connectivity index (χ3v) is 8.49. The SMILES string of the molecule is Cc1cc(N2c3ccccc3C(C)(C)c3ccc(-c4ccc5c(C)ccc(O)c5n4)cc32)ncc1-c1ccccc1. The molecular weight excluding hydrogens is 502 g/mol. The first kappa shape index (κ1) is 25.0. The first-order valence-corrected chi connectivity index (χ1v) is 14.0. The smallest absolute Gasteiger partial charge is 0.141 e. The molecule has 6 aromatic rings. The monoisotopic (exact) mass is 533 g/mol. The van der Waals surface area contributed by atoms with Crippen LogP contribution < -0.4 is 4.90 Å². The minimum absolute atomic E-state index is 0.195. The second-order valence-electron chi connectivity index (χ2n) is 11.4. The minimum atomic E-state index is -0.202. The van der Waals surface area contributed by atoms with Crippen LogP contribution in [0.3, 0.4) is 0 Å². The lowest BCUT2D eigenvalue weighted by Gasteiger charge is -2.41. The third kappa shape index (κ3) is 3.98. The number of anilines is 3. The molecule has 3 heterocycles. The van der Waals surface area contributed by atoms with E-state index in [1.165, 1.54) is 16.7 Å². The average molecular weight is 534 g/mol. The maximum atomic E-state index is 10.6. The van der Waals surface area contributed by atoms with Gasteiger partial charge in [-0.1, -0.05) is 86.6 Å². The molecule has 0 atom stereocenters. The predicted molar refractivity (Wildman–Crippen MR) is 168 cm³/mol. The summed E-state index contributed by atoms with van der Waals surface area (Å²) in [5, 5.41) is 11.5. The Morgan fingerprint density at radius 2 is 1.44 bits per heavy atom. The van der Waals surface area contributed by atoms with Crippen LogP contribution >= 0.6 is 0 Å². The number of aromatic nitrogens is 2. The number of hydrogen-bond donors (Lipinski definition) is 1. The number of phenols is 1. The number of rotatable bonds is 3. The van der Waals surface area contributed by atoms with Crippen LogP contribution in [0.4, 0.5) is 17.2 Å². The molecule has 0 bridgehead atoms. The summed E-state index contributed by atoms with van der Waals surface area (Å²) in [6.07, 6.45) is 1.99. The summed E-state index contributed by atoms with van der Waals surface area (Å²) in [6.45, 7) is 8.76. The van der Waals surface area contributed by atoms with Crippen molar-refractivity contribution < 1.29 is 5.11 Å². The van der Waals surface area contributed by atoms with Crippen molar-refractivity contribution in [2.75, 3.05) is 4.90 Å². The summed E-state index contributed by atoms with van der Waals surface area (Å²) in [4.78, 5) is 12.2. The van der Waals surface area contributed by atoms with Gasteiger partial charge in [0.25, 0.3) is 0 Å². The molecule has 0 aliphatic carbocycles. The van der Waals surface area contributed by atoms with Crippen LogP contribution in [-0.4, -0.2) is 15.1 Å². The van der Waals surface area contributed by atoms with E-state index in [0.717, 1.165) is 50.5 Å². The van der Waals surface area contributed by atoms with Gasteiger partial charge in [0.15, 0.2) is 0 Å². The Morgan fingerprint density at radius 1 is 0.683 bits per heavy atom. The Hall–Kier alpha value is -4.96. The van der Waals surface area contributed by atoms with Crippen molar-refractivity contribution in [3.63, 3.8) is 0 Å². The molecule has 1 aliphatic rings. The molecule has 2 aromatic heterocycles. The molecule has 0 saturated carbocycles. The van der Waals surface area contributed by atoms with Crippen molar-refractivity contribution in [1.29, 1.82) is 0 Å². The lowest BCUT2D eigenvalue weighted by molar-refractivity contribution is 0.480. The fraction of sp³-hybridized carbons (Fsp3) is 0.135. The summed E-state index contributed by atoms with van der Waals surface area (Å²) in [7, 11) is 0. The molecule has 0 radical (unpaired) electrons. The van der Waals surface area contributed by atoms with Gasteiger partial charge in [-0.05, 0) is 72.0 Å². The highest BCUT2D eigenvalue weighted by Gasteiger charge is 2.37. The zero-order valence-electron chi connectivity index (χ0n) is 23.7. The molecule has 41 heavy (non-hydrogen) atoms. The van der Waals surface area contributed by atoms with E-state index in [4.69, 9.17) is 9.97 Å². The molecule has 7 rings (SSSR count). The third-order valence-electron chi connectivity index (χ3n) is 8.49. The fourth-order valence-corrected chi connectivity index (χ4v) is 6.21. The Morgan fingerprint density at radius 3 is 2.24 bits per heavy atom. The zero-order valence-corrected chi connectivity index (χ0v) is 23.7. The number of hydrogen-bond acceptors (Lipinski definition) is 4. The van der Waals surface area contributed by atoms with Gasteiger partial charge in [0.05, 0.1) is 17.1 Å². The summed E-state index contributed by atoms with van der Waals surface area (Å²) in [6, 6.07) is 35.5. The highest BCUT2D eigenvalue weighted by molar-refractivity contribution is 5.91. The fourth-order valence-electron chi connectivity index (χ4n) is 6.21. The lowest BCUT2D eigenvalue weighted by atomic mass is 9.73. The molecule has 0 fully saturated rings. The largest absolute Gasteiger partial charge is 0.506 e. The second kappa shape index (κ2) is 9.31. The standard InChI is InChI=1S/C37H31N3O/c1-23-14-19-34(41)36-27(23)16-18-31(39-36)26-15-17-30-33(21-26)40(32-13-9-8-12-29(32)37(30,3)4)35-20-24(2)28(22-38-35)25-10-6-5-7-11-25/h5-22,41H,1-4H3. The van der Waals surface area contributed by atoms with Crippen LogP contribution in [-0.2, 0) is 5.41 Å².